The number of hydrogen-bond acceptors (Lipinski definition) is 8. The van der Waals surface area contributed by atoms with Crippen LogP contribution in [0.25, 0.3) is 22.6 Å². The molecule has 0 aliphatic rings. The predicted molar refractivity (Wildman–Crippen MR) is 94.3 cm³/mol. The average Bonchev–Trinajstić information content (AvgIpc) is 3.32. The maximum atomic E-state index is 11.9. The molecule has 0 saturated carbocycles. The highest BCUT2D eigenvalue weighted by molar-refractivity contribution is 7.99. The number of oxazole rings is 1. The minimum atomic E-state index is -0.420. The molecule has 2 aromatic carbocycles. The standard InChI is InChI=1S/C18H13N3O4S/c22-16(11-26-18-19-13-8-4-5-9-14(13)24-18)23-10-15-20-21-17(25-15)12-6-2-1-3-7-12/h1-9H,10-11H2. The van der Waals surface area contributed by atoms with Gasteiger partial charge in [0.1, 0.15) is 11.3 Å². The number of ether oxygens (including phenoxy) is 1. The van der Waals surface area contributed by atoms with Crippen LogP contribution in [-0.4, -0.2) is 26.9 Å². The molecule has 0 amide bonds. The molecule has 0 fully saturated rings. The van der Waals surface area contributed by atoms with Gasteiger partial charge in [0, 0.05) is 5.56 Å². The fourth-order valence-electron chi connectivity index (χ4n) is 2.23. The summed E-state index contributed by atoms with van der Waals surface area (Å²) in [5, 5.41) is 8.25. The van der Waals surface area contributed by atoms with Gasteiger partial charge < -0.3 is 13.6 Å². The van der Waals surface area contributed by atoms with Gasteiger partial charge in [0.15, 0.2) is 12.2 Å². The van der Waals surface area contributed by atoms with Crippen LogP contribution >= 0.6 is 11.8 Å². The van der Waals surface area contributed by atoms with Crippen molar-refractivity contribution in [3.05, 3.63) is 60.5 Å². The molecule has 0 spiro atoms. The van der Waals surface area contributed by atoms with Gasteiger partial charge in [0.05, 0.1) is 0 Å². The minimum Gasteiger partial charge on any atom is -0.455 e. The van der Waals surface area contributed by atoms with Gasteiger partial charge >= 0.3 is 5.97 Å². The number of carbonyl (C=O) groups is 1. The summed E-state index contributed by atoms with van der Waals surface area (Å²) in [7, 11) is 0. The van der Waals surface area contributed by atoms with E-state index >= 15 is 0 Å². The van der Waals surface area contributed by atoms with Gasteiger partial charge in [-0.15, -0.1) is 10.2 Å². The molecule has 4 rings (SSSR count). The molecule has 0 aliphatic heterocycles. The number of para-hydroxylation sites is 2. The van der Waals surface area contributed by atoms with Crippen molar-refractivity contribution in [2.45, 2.75) is 11.8 Å². The van der Waals surface area contributed by atoms with E-state index in [1.165, 1.54) is 11.8 Å². The summed E-state index contributed by atoms with van der Waals surface area (Å²) in [6.07, 6.45) is 0. The first-order chi connectivity index (χ1) is 12.8. The number of rotatable bonds is 6. The highest BCUT2D eigenvalue weighted by Crippen LogP contribution is 2.23. The summed E-state index contributed by atoms with van der Waals surface area (Å²) in [6.45, 7) is -0.0766. The van der Waals surface area contributed by atoms with E-state index in [2.05, 4.69) is 15.2 Å². The molecule has 0 aliphatic carbocycles. The molecule has 8 heteroatoms. The number of hydrogen-bond donors (Lipinski definition) is 0. The fourth-order valence-corrected chi connectivity index (χ4v) is 2.86. The van der Waals surface area contributed by atoms with Crippen LogP contribution in [-0.2, 0) is 16.1 Å². The van der Waals surface area contributed by atoms with Gasteiger partial charge in [-0.1, -0.05) is 42.1 Å². The van der Waals surface area contributed by atoms with E-state index in [0.717, 1.165) is 11.1 Å². The van der Waals surface area contributed by atoms with Crippen LogP contribution < -0.4 is 0 Å². The van der Waals surface area contributed by atoms with Crippen molar-refractivity contribution < 1.29 is 18.4 Å². The van der Waals surface area contributed by atoms with Gasteiger partial charge in [0.2, 0.25) is 5.89 Å². The monoisotopic (exact) mass is 367 g/mol. The molecular formula is C18H13N3O4S. The van der Waals surface area contributed by atoms with Crippen LogP contribution in [0.2, 0.25) is 0 Å². The molecule has 0 unspecified atom stereocenters. The summed E-state index contributed by atoms with van der Waals surface area (Å²) in [4.78, 5) is 16.2. The van der Waals surface area contributed by atoms with E-state index in [-0.39, 0.29) is 18.3 Å². The highest BCUT2D eigenvalue weighted by atomic mass is 32.2. The lowest BCUT2D eigenvalue weighted by molar-refractivity contribution is -0.142. The zero-order chi connectivity index (χ0) is 17.8. The molecule has 7 nitrogen and oxygen atoms in total. The fraction of sp³-hybridized carbons (Fsp3) is 0.111. The van der Waals surface area contributed by atoms with Crippen LogP contribution in [0.15, 0.2) is 68.7 Å². The van der Waals surface area contributed by atoms with E-state index in [1.54, 1.807) is 0 Å². The summed E-state index contributed by atoms with van der Waals surface area (Å²) in [6, 6.07) is 16.8. The van der Waals surface area contributed by atoms with Crippen molar-refractivity contribution in [1.29, 1.82) is 0 Å². The molecular weight excluding hydrogens is 354 g/mol. The Hall–Kier alpha value is -3.13. The van der Waals surface area contributed by atoms with Crippen LogP contribution in [0.1, 0.15) is 5.89 Å². The highest BCUT2D eigenvalue weighted by Gasteiger charge is 2.13. The topological polar surface area (TPSA) is 91.2 Å². The Kier molecular flexibility index (Phi) is 4.65. The Morgan fingerprint density at radius 1 is 1.00 bits per heavy atom. The third-order valence-corrected chi connectivity index (χ3v) is 4.23. The normalized spacial score (nSPS) is 10.9. The summed E-state index contributed by atoms with van der Waals surface area (Å²) >= 11 is 1.17. The second kappa shape index (κ2) is 7.40. The molecule has 0 N–H and O–H groups in total. The predicted octanol–water partition coefficient (Wildman–Crippen LogP) is 3.71. The third kappa shape index (κ3) is 3.75. The van der Waals surface area contributed by atoms with E-state index in [4.69, 9.17) is 13.6 Å². The number of aromatic nitrogens is 3. The molecule has 4 aromatic rings. The maximum Gasteiger partial charge on any atom is 0.316 e. The first-order valence-electron chi connectivity index (χ1n) is 7.80. The molecule has 0 bridgehead atoms. The van der Waals surface area contributed by atoms with Crippen molar-refractivity contribution in [3.8, 4) is 11.5 Å². The summed E-state index contributed by atoms with van der Waals surface area (Å²) < 4.78 is 16.2. The zero-order valence-corrected chi connectivity index (χ0v) is 14.3. The lowest BCUT2D eigenvalue weighted by Gasteiger charge is -2.00. The number of benzene rings is 2. The Morgan fingerprint density at radius 2 is 1.81 bits per heavy atom. The molecule has 2 aromatic heterocycles. The van der Waals surface area contributed by atoms with Gasteiger partial charge in [-0.3, -0.25) is 4.79 Å². The molecule has 2 heterocycles. The number of carbonyl (C=O) groups excluding carboxylic acids is 1. The van der Waals surface area contributed by atoms with Crippen LogP contribution in [0.3, 0.4) is 0 Å². The molecule has 0 radical (unpaired) electrons. The Morgan fingerprint density at radius 3 is 2.65 bits per heavy atom. The quantitative estimate of drug-likeness (QED) is 0.376. The minimum absolute atomic E-state index is 0.0759. The smallest absolute Gasteiger partial charge is 0.316 e. The third-order valence-electron chi connectivity index (χ3n) is 3.43. The average molecular weight is 367 g/mol. The SMILES string of the molecule is O=C(CSc1nc2ccccc2o1)OCc1nnc(-c2ccccc2)o1. The van der Waals surface area contributed by atoms with Gasteiger partial charge in [-0.25, -0.2) is 4.98 Å². The first-order valence-corrected chi connectivity index (χ1v) is 8.78. The number of thioether (sulfide) groups is 1. The van der Waals surface area contributed by atoms with E-state index in [0.29, 0.717) is 16.7 Å². The van der Waals surface area contributed by atoms with Crippen molar-refractivity contribution >= 4 is 28.8 Å². The maximum absolute atomic E-state index is 11.9. The molecule has 130 valence electrons. The Labute approximate surface area is 152 Å². The molecule has 0 atom stereocenters. The lowest BCUT2D eigenvalue weighted by atomic mass is 10.2. The van der Waals surface area contributed by atoms with Gasteiger partial charge in [-0.05, 0) is 24.3 Å². The van der Waals surface area contributed by atoms with Crippen LogP contribution in [0.4, 0.5) is 0 Å². The number of esters is 1. The van der Waals surface area contributed by atoms with E-state index < -0.39 is 5.97 Å². The zero-order valence-electron chi connectivity index (χ0n) is 13.5. The Balaban J connectivity index is 1.29. The van der Waals surface area contributed by atoms with E-state index in [9.17, 15) is 4.79 Å². The second-order valence-corrected chi connectivity index (χ2v) is 6.19. The van der Waals surface area contributed by atoms with Crippen LogP contribution in [0, 0.1) is 0 Å². The summed E-state index contributed by atoms with van der Waals surface area (Å²) in [5.74, 6) is 0.283. The Bertz CT molecular complexity index is 996. The molecule has 0 saturated heterocycles. The molecule has 26 heavy (non-hydrogen) atoms. The van der Waals surface area contributed by atoms with Gasteiger partial charge in [0.25, 0.3) is 11.1 Å². The van der Waals surface area contributed by atoms with Crippen molar-refractivity contribution in [3.63, 3.8) is 0 Å². The first kappa shape index (κ1) is 16.3. The number of fused-ring (bicyclic) bond motifs is 1. The van der Waals surface area contributed by atoms with Crippen LogP contribution in [0.5, 0.6) is 0 Å². The van der Waals surface area contributed by atoms with Crippen molar-refractivity contribution in [2.24, 2.45) is 0 Å². The second-order valence-electron chi connectivity index (χ2n) is 5.26. The largest absolute Gasteiger partial charge is 0.455 e. The van der Waals surface area contributed by atoms with Crippen molar-refractivity contribution in [1.82, 2.24) is 15.2 Å². The lowest BCUT2D eigenvalue weighted by Crippen LogP contribution is -2.07. The van der Waals surface area contributed by atoms with E-state index in [1.807, 2.05) is 54.6 Å². The number of nitrogens with zero attached hydrogens (tertiary/aromatic N) is 3. The summed E-state index contributed by atoms with van der Waals surface area (Å²) in [5.41, 5.74) is 2.24. The van der Waals surface area contributed by atoms with Gasteiger partial charge in [-0.2, -0.15) is 0 Å². The van der Waals surface area contributed by atoms with Crippen molar-refractivity contribution in [2.75, 3.05) is 5.75 Å².